The Morgan fingerprint density at radius 1 is 0.939 bits per heavy atom. The maximum atomic E-state index is 13.2. The topological polar surface area (TPSA) is 59.9 Å². The first-order valence-corrected chi connectivity index (χ1v) is 10.5. The molecule has 0 aliphatic rings. The molecule has 0 aromatic heterocycles. The van der Waals surface area contributed by atoms with Gasteiger partial charge in [-0.25, -0.2) is 9.82 Å². The molecule has 0 atom stereocenters. The Balaban J connectivity index is 1.45. The third kappa shape index (κ3) is 5.95. The molecule has 0 bridgehead atoms. The van der Waals surface area contributed by atoms with E-state index in [2.05, 4.69) is 10.5 Å². The number of halogens is 1. The summed E-state index contributed by atoms with van der Waals surface area (Å²) < 4.78 is 24.6. The number of nitrogens with zero attached hydrogens (tertiary/aromatic N) is 1. The normalized spacial score (nSPS) is 11.0. The number of hydrogen-bond donors (Lipinski definition) is 1. The van der Waals surface area contributed by atoms with Crippen molar-refractivity contribution in [1.29, 1.82) is 0 Å². The zero-order chi connectivity index (χ0) is 23.0. The summed E-state index contributed by atoms with van der Waals surface area (Å²) in [6.07, 6.45) is 1.56. The van der Waals surface area contributed by atoms with Crippen LogP contribution in [0.3, 0.4) is 0 Å². The van der Waals surface area contributed by atoms with E-state index in [1.165, 1.54) is 12.1 Å². The smallest absolute Gasteiger partial charge is 0.277 e. The van der Waals surface area contributed by atoms with E-state index >= 15 is 0 Å². The number of aryl methyl sites for hydroxylation is 1. The van der Waals surface area contributed by atoms with Gasteiger partial charge in [-0.05, 0) is 53.6 Å². The molecular weight excluding hydrogens is 419 g/mol. The summed E-state index contributed by atoms with van der Waals surface area (Å²) >= 11 is 0. The van der Waals surface area contributed by atoms with Crippen LogP contribution in [0, 0.1) is 12.7 Å². The molecule has 4 aromatic carbocycles. The molecule has 0 saturated carbocycles. The van der Waals surface area contributed by atoms with E-state index in [9.17, 15) is 9.18 Å². The Bertz CT molecular complexity index is 1270. The van der Waals surface area contributed by atoms with Crippen molar-refractivity contribution in [3.05, 3.63) is 107 Å². The summed E-state index contributed by atoms with van der Waals surface area (Å²) in [5, 5.41) is 6.06. The number of ether oxygens (including phenoxy) is 2. The van der Waals surface area contributed by atoms with E-state index in [-0.39, 0.29) is 24.9 Å². The zero-order valence-electron chi connectivity index (χ0n) is 18.1. The van der Waals surface area contributed by atoms with Crippen molar-refractivity contribution in [3.63, 3.8) is 0 Å². The van der Waals surface area contributed by atoms with Crippen LogP contribution < -0.4 is 14.9 Å². The Morgan fingerprint density at radius 2 is 1.70 bits per heavy atom. The Labute approximate surface area is 191 Å². The highest BCUT2D eigenvalue weighted by Gasteiger charge is 2.08. The van der Waals surface area contributed by atoms with Crippen LogP contribution in [0.1, 0.15) is 16.7 Å². The minimum Gasteiger partial charge on any atom is -0.488 e. The van der Waals surface area contributed by atoms with E-state index in [1.807, 2.05) is 67.6 Å². The molecule has 0 spiro atoms. The molecule has 166 valence electrons. The summed E-state index contributed by atoms with van der Waals surface area (Å²) in [6.45, 7) is 2.11. The molecular formula is C27H23FN2O3. The second-order valence-electron chi connectivity index (χ2n) is 7.51. The molecule has 0 aliphatic heterocycles. The van der Waals surface area contributed by atoms with Gasteiger partial charge in [-0.1, -0.05) is 60.2 Å². The number of nitrogens with one attached hydrogen (secondary N) is 1. The Hall–Kier alpha value is -4.19. The fraction of sp³-hybridized carbons (Fsp3) is 0.111. The molecule has 0 radical (unpaired) electrons. The van der Waals surface area contributed by atoms with Gasteiger partial charge >= 0.3 is 0 Å². The van der Waals surface area contributed by atoms with E-state index < -0.39 is 0 Å². The van der Waals surface area contributed by atoms with Crippen LogP contribution in [0.5, 0.6) is 11.5 Å². The lowest BCUT2D eigenvalue weighted by molar-refractivity contribution is -0.123. The fourth-order valence-corrected chi connectivity index (χ4v) is 3.26. The third-order valence-corrected chi connectivity index (χ3v) is 5.01. The van der Waals surface area contributed by atoms with Crippen molar-refractivity contribution in [3.8, 4) is 11.5 Å². The molecule has 5 nitrogen and oxygen atoms in total. The van der Waals surface area contributed by atoms with Crippen LogP contribution in [0.4, 0.5) is 4.39 Å². The number of carbonyl (C=O) groups excluding carboxylic acids is 1. The number of carbonyl (C=O) groups is 1. The van der Waals surface area contributed by atoms with Gasteiger partial charge in [-0.2, -0.15) is 5.10 Å². The van der Waals surface area contributed by atoms with Crippen molar-refractivity contribution in [2.75, 3.05) is 6.61 Å². The van der Waals surface area contributed by atoms with Crippen molar-refractivity contribution in [2.45, 2.75) is 13.5 Å². The number of rotatable bonds is 8. The lowest BCUT2D eigenvalue weighted by Gasteiger charge is -2.12. The van der Waals surface area contributed by atoms with E-state index in [0.717, 1.165) is 27.5 Å². The highest BCUT2D eigenvalue weighted by Crippen LogP contribution is 2.27. The third-order valence-electron chi connectivity index (χ3n) is 5.01. The second-order valence-corrected chi connectivity index (χ2v) is 7.51. The number of fused-ring (bicyclic) bond motifs is 1. The van der Waals surface area contributed by atoms with Gasteiger partial charge in [0.25, 0.3) is 5.91 Å². The van der Waals surface area contributed by atoms with Crippen LogP contribution in [0.25, 0.3) is 10.8 Å². The molecule has 1 N–H and O–H groups in total. The van der Waals surface area contributed by atoms with Gasteiger partial charge < -0.3 is 9.47 Å². The minimum atomic E-state index is -0.374. The number of benzene rings is 4. The molecule has 0 saturated heterocycles. The lowest BCUT2D eigenvalue weighted by Crippen LogP contribution is -2.24. The Morgan fingerprint density at radius 3 is 2.48 bits per heavy atom. The van der Waals surface area contributed by atoms with Gasteiger partial charge in [0.15, 0.2) is 6.61 Å². The molecule has 0 fully saturated rings. The molecule has 0 aliphatic carbocycles. The number of amides is 1. The van der Waals surface area contributed by atoms with E-state index in [4.69, 9.17) is 9.47 Å². The van der Waals surface area contributed by atoms with Crippen molar-refractivity contribution in [1.82, 2.24) is 5.43 Å². The van der Waals surface area contributed by atoms with E-state index in [1.54, 1.807) is 18.3 Å². The minimum absolute atomic E-state index is 0.149. The Kier molecular flexibility index (Phi) is 6.95. The monoisotopic (exact) mass is 442 g/mol. The molecule has 4 aromatic rings. The SMILES string of the molecule is Cc1ccc(OCC(=O)NN=Cc2c(OCc3ccc(F)cc3)ccc3ccccc23)cc1. The van der Waals surface area contributed by atoms with Gasteiger partial charge in [0.1, 0.15) is 23.9 Å². The summed E-state index contributed by atoms with van der Waals surface area (Å²) in [7, 11) is 0. The first kappa shape index (κ1) is 22.0. The van der Waals surface area contributed by atoms with Gasteiger partial charge in [0, 0.05) is 5.56 Å². The van der Waals surface area contributed by atoms with Crippen LogP contribution in [0.15, 0.2) is 90.0 Å². The predicted molar refractivity (Wildman–Crippen MR) is 127 cm³/mol. The van der Waals surface area contributed by atoms with Crippen molar-refractivity contribution >= 4 is 22.9 Å². The van der Waals surface area contributed by atoms with Gasteiger partial charge in [0.2, 0.25) is 0 Å². The summed E-state index contributed by atoms with van der Waals surface area (Å²) in [4.78, 5) is 12.1. The first-order valence-electron chi connectivity index (χ1n) is 10.5. The van der Waals surface area contributed by atoms with Crippen LogP contribution in [-0.4, -0.2) is 18.7 Å². The number of hydrogen-bond acceptors (Lipinski definition) is 4. The maximum absolute atomic E-state index is 13.2. The second kappa shape index (κ2) is 10.4. The highest BCUT2D eigenvalue weighted by atomic mass is 19.1. The first-order chi connectivity index (χ1) is 16.1. The standard InChI is InChI=1S/C27H23FN2O3/c1-19-6-13-23(14-7-19)32-18-27(31)30-29-16-25-24-5-3-2-4-21(24)10-15-26(25)33-17-20-8-11-22(28)12-9-20/h2-16H,17-18H2,1H3,(H,30,31). The summed E-state index contributed by atoms with van der Waals surface area (Å²) in [5.41, 5.74) is 5.18. The van der Waals surface area contributed by atoms with Gasteiger partial charge in [-0.15, -0.1) is 0 Å². The molecule has 0 unspecified atom stereocenters. The average Bonchev–Trinajstić information content (AvgIpc) is 2.84. The van der Waals surface area contributed by atoms with Crippen LogP contribution in [0.2, 0.25) is 0 Å². The maximum Gasteiger partial charge on any atom is 0.277 e. The van der Waals surface area contributed by atoms with Crippen LogP contribution >= 0.6 is 0 Å². The van der Waals surface area contributed by atoms with Gasteiger partial charge in [-0.3, -0.25) is 4.79 Å². The molecule has 4 rings (SSSR count). The molecule has 33 heavy (non-hydrogen) atoms. The van der Waals surface area contributed by atoms with E-state index in [0.29, 0.717) is 11.5 Å². The molecule has 1 amide bonds. The zero-order valence-corrected chi connectivity index (χ0v) is 18.1. The largest absolute Gasteiger partial charge is 0.488 e. The fourth-order valence-electron chi connectivity index (χ4n) is 3.26. The summed E-state index contributed by atoms with van der Waals surface area (Å²) in [5.74, 6) is 0.553. The number of hydrazone groups is 1. The lowest BCUT2D eigenvalue weighted by atomic mass is 10.0. The molecule has 0 heterocycles. The van der Waals surface area contributed by atoms with Crippen molar-refractivity contribution in [2.24, 2.45) is 5.10 Å². The quantitative estimate of drug-likeness (QED) is 0.294. The molecule has 6 heteroatoms. The van der Waals surface area contributed by atoms with Crippen molar-refractivity contribution < 1.29 is 18.7 Å². The predicted octanol–water partition coefficient (Wildman–Crippen LogP) is 5.40. The summed E-state index contributed by atoms with van der Waals surface area (Å²) in [6, 6.07) is 25.3. The van der Waals surface area contributed by atoms with Gasteiger partial charge in [0.05, 0.1) is 6.21 Å². The highest BCUT2D eigenvalue weighted by molar-refractivity contribution is 6.02. The van der Waals surface area contributed by atoms with Crippen LogP contribution in [-0.2, 0) is 11.4 Å². The average molecular weight is 442 g/mol.